The zero-order valence-electron chi connectivity index (χ0n) is 31.2. The molecule has 1 unspecified atom stereocenters. The van der Waals surface area contributed by atoms with Crippen molar-refractivity contribution in [1.82, 2.24) is 30.4 Å². The van der Waals surface area contributed by atoms with E-state index in [4.69, 9.17) is 16.6 Å². The highest BCUT2D eigenvalue weighted by molar-refractivity contribution is 7.16. The number of para-hydroxylation sites is 1. The number of nitrogens with zero attached hydrogens (tertiary/aromatic N) is 5. The number of halogens is 1. The maximum atomic E-state index is 13.2. The molecule has 286 valence electrons. The number of carbonyl (C=O) groups excluding carboxylic acids is 4. The van der Waals surface area contributed by atoms with Gasteiger partial charge in [-0.1, -0.05) is 35.9 Å². The van der Waals surface area contributed by atoms with E-state index in [1.165, 1.54) is 11.3 Å². The van der Waals surface area contributed by atoms with Crippen molar-refractivity contribution < 1.29 is 19.2 Å². The first kappa shape index (κ1) is 39.4. The third-order valence-electron chi connectivity index (χ3n) is 9.26. The lowest BCUT2D eigenvalue weighted by molar-refractivity contribution is -0.123. The molecule has 0 bridgehead atoms. The quantitative estimate of drug-likeness (QED) is 0.0881. The maximum absolute atomic E-state index is 13.2. The van der Waals surface area contributed by atoms with Crippen LogP contribution in [0.3, 0.4) is 0 Å². The summed E-state index contributed by atoms with van der Waals surface area (Å²) in [6, 6.07) is 13.7. The van der Waals surface area contributed by atoms with Crippen molar-refractivity contribution in [3.63, 3.8) is 0 Å². The number of aliphatic imine (C=N–C) groups is 1. The molecule has 0 radical (unpaired) electrons. The first-order chi connectivity index (χ1) is 26.4. The highest BCUT2D eigenvalue weighted by Gasteiger charge is 2.32. The first-order valence-electron chi connectivity index (χ1n) is 17.9. The van der Waals surface area contributed by atoms with E-state index in [1.807, 2.05) is 49.6 Å². The second-order valence-corrected chi connectivity index (χ2v) is 16.1. The SMILES string of the molecule is Cc1nc(NC(=O)c2ccccc2NC(=O)CCCCC(=O)NCCNC(=O)CC2N=C(c3ccc(Cl)cc3)c3c(sc(C)c3C)-n3c(C)nnc32)sc1C. The Morgan fingerprint density at radius 2 is 1.49 bits per heavy atom. The molecule has 13 nitrogen and oxygen atoms in total. The van der Waals surface area contributed by atoms with Crippen LogP contribution in [0.2, 0.25) is 5.02 Å². The molecule has 0 saturated heterocycles. The summed E-state index contributed by atoms with van der Waals surface area (Å²) in [7, 11) is 0. The van der Waals surface area contributed by atoms with Crippen molar-refractivity contribution in [2.75, 3.05) is 23.7 Å². The number of thiophene rings is 1. The lowest BCUT2D eigenvalue weighted by atomic mass is 9.99. The number of hydrogen-bond acceptors (Lipinski definition) is 10. The Bertz CT molecular complexity index is 2260. The average Bonchev–Trinajstić information content (AvgIpc) is 3.76. The standard InChI is InChI=1S/C39H42ClN9O4S2/c1-21-23(3)54-38-34(21)35(26-14-16-27(40)17-15-26)45-30(36-48-47-25(5)49(36)38)20-33(52)42-19-18-41-31(50)12-8-9-13-32(51)44-29-11-7-6-10-28(29)37(53)46-39-43-22(2)24(4)55-39/h6-7,10-11,14-17,30H,8-9,12-13,18-20H2,1-5H3,(H,41,50)(H,42,52)(H,44,51)(H,43,46,53). The fourth-order valence-corrected chi connectivity index (χ4v) is 8.29. The number of rotatable bonds is 14. The molecule has 16 heteroatoms. The topological polar surface area (TPSA) is 172 Å². The number of amides is 4. The lowest BCUT2D eigenvalue weighted by Crippen LogP contribution is -2.35. The van der Waals surface area contributed by atoms with Crippen molar-refractivity contribution in [3.8, 4) is 5.00 Å². The predicted octanol–water partition coefficient (Wildman–Crippen LogP) is 6.95. The number of anilines is 2. The van der Waals surface area contributed by atoms with Gasteiger partial charge in [-0.3, -0.25) is 34.1 Å². The van der Waals surface area contributed by atoms with E-state index in [0.29, 0.717) is 45.9 Å². The Balaban J connectivity index is 0.957. The van der Waals surface area contributed by atoms with Gasteiger partial charge < -0.3 is 16.0 Å². The molecule has 2 aromatic carbocycles. The Morgan fingerprint density at radius 1 is 0.800 bits per heavy atom. The van der Waals surface area contributed by atoms with Gasteiger partial charge in [0.15, 0.2) is 11.0 Å². The third kappa shape index (κ3) is 9.35. The normalized spacial score (nSPS) is 13.3. The van der Waals surface area contributed by atoms with Crippen LogP contribution in [0.15, 0.2) is 53.5 Å². The molecule has 4 amide bonds. The van der Waals surface area contributed by atoms with Crippen molar-refractivity contribution in [1.29, 1.82) is 0 Å². The number of aromatic nitrogens is 4. The predicted molar refractivity (Wildman–Crippen MR) is 217 cm³/mol. The molecule has 55 heavy (non-hydrogen) atoms. The van der Waals surface area contributed by atoms with Crippen LogP contribution in [0.4, 0.5) is 10.8 Å². The van der Waals surface area contributed by atoms with Crippen molar-refractivity contribution in [2.45, 2.75) is 72.8 Å². The number of unbranched alkanes of at least 4 members (excludes halogenated alkanes) is 1. The van der Waals surface area contributed by atoms with Gasteiger partial charge in [-0.05, 0) is 77.3 Å². The van der Waals surface area contributed by atoms with Gasteiger partial charge in [-0.15, -0.1) is 32.9 Å². The first-order valence-corrected chi connectivity index (χ1v) is 19.9. The zero-order valence-corrected chi connectivity index (χ0v) is 33.6. The van der Waals surface area contributed by atoms with Crippen LogP contribution in [-0.4, -0.2) is 62.2 Å². The molecule has 1 atom stereocenters. The van der Waals surface area contributed by atoms with Crippen molar-refractivity contribution in [3.05, 3.63) is 103 Å². The lowest BCUT2D eigenvalue weighted by Gasteiger charge is -2.13. The smallest absolute Gasteiger partial charge is 0.259 e. The highest BCUT2D eigenvalue weighted by Crippen LogP contribution is 2.39. The zero-order chi connectivity index (χ0) is 39.2. The summed E-state index contributed by atoms with van der Waals surface area (Å²) >= 11 is 9.25. The molecule has 3 aromatic heterocycles. The monoisotopic (exact) mass is 799 g/mol. The number of aryl methyl sites for hydroxylation is 4. The minimum atomic E-state index is -0.596. The van der Waals surface area contributed by atoms with Gasteiger partial charge in [-0.25, -0.2) is 4.98 Å². The minimum absolute atomic E-state index is 0.0403. The maximum Gasteiger partial charge on any atom is 0.259 e. The Hall–Kier alpha value is -5.25. The van der Waals surface area contributed by atoms with Crippen LogP contribution in [-0.2, 0) is 14.4 Å². The van der Waals surface area contributed by atoms with E-state index in [1.54, 1.807) is 35.6 Å². The summed E-state index contributed by atoms with van der Waals surface area (Å²) < 4.78 is 2.00. The molecule has 5 aromatic rings. The van der Waals surface area contributed by atoms with Crippen LogP contribution in [0.1, 0.15) is 92.3 Å². The second-order valence-electron chi connectivity index (χ2n) is 13.2. The molecule has 0 saturated carbocycles. The van der Waals surface area contributed by atoms with Gasteiger partial charge >= 0.3 is 0 Å². The Morgan fingerprint density at radius 3 is 2.20 bits per heavy atom. The number of thiazole rings is 1. The summed E-state index contributed by atoms with van der Waals surface area (Å²) in [6.07, 6.45) is 1.44. The van der Waals surface area contributed by atoms with Crippen LogP contribution in [0.25, 0.3) is 5.00 Å². The Kier molecular flexibility index (Phi) is 12.5. The van der Waals surface area contributed by atoms with E-state index in [-0.39, 0.29) is 56.0 Å². The summed E-state index contributed by atoms with van der Waals surface area (Å²) in [5, 5.41) is 22.2. The van der Waals surface area contributed by atoms with Gasteiger partial charge in [0.1, 0.15) is 16.9 Å². The summed E-state index contributed by atoms with van der Waals surface area (Å²) in [5.74, 6) is 0.277. The fraction of sp³-hybridized carbons (Fsp3) is 0.333. The van der Waals surface area contributed by atoms with E-state index in [0.717, 1.165) is 42.9 Å². The summed E-state index contributed by atoms with van der Waals surface area (Å²) in [6.45, 7) is 10.3. The molecular weight excluding hydrogens is 758 g/mol. The molecule has 1 aliphatic heterocycles. The van der Waals surface area contributed by atoms with Crippen molar-refractivity contribution >= 4 is 74.4 Å². The number of nitrogens with one attached hydrogen (secondary N) is 4. The second kappa shape index (κ2) is 17.5. The molecule has 0 aliphatic carbocycles. The minimum Gasteiger partial charge on any atom is -0.354 e. The fourth-order valence-electron chi connectivity index (χ4n) is 6.14. The third-order valence-corrected chi connectivity index (χ3v) is 11.7. The number of benzene rings is 2. The molecular formula is C39H42ClN9O4S2. The van der Waals surface area contributed by atoms with Gasteiger partial charge in [0.25, 0.3) is 5.91 Å². The summed E-state index contributed by atoms with van der Waals surface area (Å²) in [5.41, 5.74) is 5.35. The highest BCUT2D eigenvalue weighted by atomic mass is 35.5. The van der Waals surface area contributed by atoms with E-state index >= 15 is 0 Å². The summed E-state index contributed by atoms with van der Waals surface area (Å²) in [4.78, 5) is 63.0. The van der Waals surface area contributed by atoms with E-state index in [2.05, 4.69) is 50.3 Å². The largest absolute Gasteiger partial charge is 0.354 e. The molecule has 1 aliphatic rings. The van der Waals surface area contributed by atoms with Crippen LogP contribution < -0.4 is 21.3 Å². The van der Waals surface area contributed by atoms with Gasteiger partial charge in [0, 0.05) is 51.8 Å². The van der Waals surface area contributed by atoms with Gasteiger partial charge in [0.2, 0.25) is 17.7 Å². The average molecular weight is 800 g/mol. The number of carbonyl (C=O) groups is 4. The number of fused-ring (bicyclic) bond motifs is 3. The Labute approximate surface area is 332 Å². The molecule has 0 fully saturated rings. The van der Waals surface area contributed by atoms with Crippen molar-refractivity contribution in [2.24, 2.45) is 4.99 Å². The van der Waals surface area contributed by atoms with E-state index < -0.39 is 6.04 Å². The molecule has 6 rings (SSSR count). The molecule has 4 heterocycles. The van der Waals surface area contributed by atoms with Crippen LogP contribution in [0.5, 0.6) is 0 Å². The van der Waals surface area contributed by atoms with Crippen LogP contribution in [0, 0.1) is 34.6 Å². The van der Waals surface area contributed by atoms with E-state index in [9.17, 15) is 19.2 Å². The van der Waals surface area contributed by atoms with Crippen LogP contribution >= 0.6 is 34.3 Å². The van der Waals surface area contributed by atoms with Gasteiger partial charge in [-0.2, -0.15) is 0 Å². The number of hydrogen-bond donors (Lipinski definition) is 4. The molecule has 4 N–H and O–H groups in total. The molecule has 0 spiro atoms. The van der Waals surface area contributed by atoms with Gasteiger partial charge in [0.05, 0.1) is 29.1 Å².